The molecule has 0 aromatic heterocycles. The van der Waals surface area contributed by atoms with Gasteiger partial charge in [0.1, 0.15) is 0 Å². The molecule has 6 heteroatoms. The van der Waals surface area contributed by atoms with E-state index in [2.05, 4.69) is 0 Å². The van der Waals surface area contributed by atoms with Crippen LogP contribution >= 0.6 is 11.6 Å². The molecule has 4 rings (SSSR count). The van der Waals surface area contributed by atoms with Crippen molar-refractivity contribution in [2.45, 2.75) is 30.7 Å². The molecule has 1 unspecified atom stereocenters. The second-order valence-corrected chi connectivity index (χ2v) is 7.86. The number of nitrogens with zero attached hydrogens (tertiary/aromatic N) is 1. The third-order valence-corrected chi connectivity index (χ3v) is 6.25. The summed E-state index contributed by atoms with van der Waals surface area (Å²) in [6.07, 6.45) is 1.07. The van der Waals surface area contributed by atoms with Crippen molar-refractivity contribution >= 4 is 23.5 Å². The van der Waals surface area contributed by atoms with Gasteiger partial charge in [-0.15, -0.1) is 0 Å². The lowest BCUT2D eigenvalue weighted by molar-refractivity contribution is -0.146. The first-order chi connectivity index (χ1) is 13.5. The van der Waals surface area contributed by atoms with Gasteiger partial charge in [0.05, 0.1) is 11.3 Å². The lowest BCUT2D eigenvalue weighted by Gasteiger charge is -2.43. The number of ether oxygens (including phenoxy) is 1. The fourth-order valence-electron chi connectivity index (χ4n) is 4.44. The van der Waals surface area contributed by atoms with E-state index in [4.69, 9.17) is 16.3 Å². The molecule has 2 aromatic rings. The average molecular weight is 400 g/mol. The molecule has 0 aliphatic carbocycles. The fourth-order valence-corrected chi connectivity index (χ4v) is 4.76. The molecule has 1 N–H and O–H groups in total. The second kappa shape index (κ2) is 7.57. The maximum atomic E-state index is 13.8. The molecule has 146 valence electrons. The van der Waals surface area contributed by atoms with Crippen molar-refractivity contribution in [3.63, 3.8) is 0 Å². The van der Waals surface area contributed by atoms with Crippen molar-refractivity contribution in [2.24, 2.45) is 0 Å². The van der Waals surface area contributed by atoms with E-state index in [9.17, 15) is 14.7 Å². The van der Waals surface area contributed by atoms with Gasteiger partial charge in [-0.3, -0.25) is 9.59 Å². The Morgan fingerprint density at radius 3 is 2.46 bits per heavy atom. The van der Waals surface area contributed by atoms with Crippen LogP contribution in [0.5, 0.6) is 0 Å². The molecule has 1 fully saturated rings. The minimum atomic E-state index is -0.913. The van der Waals surface area contributed by atoms with Gasteiger partial charge in [-0.2, -0.15) is 0 Å². The summed E-state index contributed by atoms with van der Waals surface area (Å²) < 4.78 is 5.53. The molecule has 5 nitrogen and oxygen atoms in total. The Hall–Kier alpha value is -2.37. The van der Waals surface area contributed by atoms with E-state index in [0.717, 1.165) is 16.7 Å². The standard InChI is InChI=1S/C22H22ClNO4/c23-19-8-4-3-7-18(19)22(9-11-28-12-10-22)21(27)24-13-15-5-1-2-6-16(15)17(14-24)20(25)26/h1-8,17H,9-14H2,(H,25,26). The summed E-state index contributed by atoms with van der Waals surface area (Å²) in [4.78, 5) is 27.4. The Bertz CT molecular complexity index is 907. The van der Waals surface area contributed by atoms with Crippen molar-refractivity contribution in [1.29, 1.82) is 0 Å². The highest BCUT2D eigenvalue weighted by Gasteiger charge is 2.47. The molecule has 1 saturated heterocycles. The third-order valence-electron chi connectivity index (χ3n) is 5.93. The van der Waals surface area contributed by atoms with E-state index in [-0.39, 0.29) is 12.5 Å². The second-order valence-electron chi connectivity index (χ2n) is 7.45. The predicted molar refractivity (Wildman–Crippen MR) is 105 cm³/mol. The maximum Gasteiger partial charge on any atom is 0.312 e. The quantitative estimate of drug-likeness (QED) is 0.856. The third kappa shape index (κ3) is 3.19. The Morgan fingerprint density at radius 2 is 1.75 bits per heavy atom. The number of hydrogen-bond acceptors (Lipinski definition) is 3. The van der Waals surface area contributed by atoms with Crippen LogP contribution in [0.25, 0.3) is 0 Å². The Morgan fingerprint density at radius 1 is 1.07 bits per heavy atom. The normalized spacial score (nSPS) is 21.0. The van der Waals surface area contributed by atoms with Gasteiger partial charge in [0.15, 0.2) is 0 Å². The molecule has 1 amide bonds. The molecule has 2 aromatic carbocycles. The number of rotatable bonds is 3. The summed E-state index contributed by atoms with van der Waals surface area (Å²) in [6, 6.07) is 14.9. The number of carboxylic acid groups (broad SMARTS) is 1. The molecule has 0 spiro atoms. The fraction of sp³-hybridized carbons (Fsp3) is 0.364. The number of halogens is 1. The minimum Gasteiger partial charge on any atom is -0.481 e. The van der Waals surface area contributed by atoms with E-state index in [0.29, 0.717) is 37.6 Å². The van der Waals surface area contributed by atoms with E-state index < -0.39 is 17.3 Å². The molecule has 0 bridgehead atoms. The molecule has 2 aliphatic rings. The van der Waals surface area contributed by atoms with Crippen LogP contribution in [0.3, 0.4) is 0 Å². The van der Waals surface area contributed by atoms with Crippen molar-refractivity contribution in [3.8, 4) is 0 Å². The summed E-state index contributed by atoms with van der Waals surface area (Å²) in [5, 5.41) is 10.3. The molecule has 0 saturated carbocycles. The molecule has 0 radical (unpaired) electrons. The summed E-state index contributed by atoms with van der Waals surface area (Å²) in [5.41, 5.74) is 1.69. The first-order valence-electron chi connectivity index (χ1n) is 9.46. The van der Waals surface area contributed by atoms with Crippen molar-refractivity contribution in [2.75, 3.05) is 19.8 Å². The summed E-state index contributed by atoms with van der Waals surface area (Å²) in [7, 11) is 0. The Labute approximate surface area is 168 Å². The number of carboxylic acids is 1. The van der Waals surface area contributed by atoms with E-state index in [1.807, 2.05) is 42.5 Å². The van der Waals surface area contributed by atoms with Crippen LogP contribution in [-0.2, 0) is 26.3 Å². The lowest BCUT2D eigenvalue weighted by atomic mass is 9.72. The number of carbonyl (C=O) groups is 2. The minimum absolute atomic E-state index is 0.0651. The monoisotopic (exact) mass is 399 g/mol. The molecule has 1 atom stereocenters. The number of amides is 1. The van der Waals surface area contributed by atoms with Crippen LogP contribution in [0, 0.1) is 0 Å². The number of aliphatic carboxylic acids is 1. The zero-order chi connectivity index (χ0) is 19.7. The van der Waals surface area contributed by atoms with E-state index >= 15 is 0 Å². The SMILES string of the molecule is O=C(O)C1CN(C(=O)C2(c3ccccc3Cl)CCOCC2)Cc2ccccc21. The first-order valence-corrected chi connectivity index (χ1v) is 9.83. The summed E-state index contributed by atoms with van der Waals surface area (Å²) >= 11 is 6.48. The van der Waals surface area contributed by atoms with Crippen LogP contribution in [0.4, 0.5) is 0 Å². The highest BCUT2D eigenvalue weighted by atomic mass is 35.5. The van der Waals surface area contributed by atoms with Crippen LogP contribution in [-0.4, -0.2) is 41.6 Å². The van der Waals surface area contributed by atoms with Gasteiger partial charge in [0.25, 0.3) is 0 Å². The molecule has 28 heavy (non-hydrogen) atoms. The lowest BCUT2D eigenvalue weighted by Crippen LogP contribution is -2.52. The molecule has 2 heterocycles. The number of hydrogen-bond donors (Lipinski definition) is 1. The average Bonchev–Trinajstić information content (AvgIpc) is 2.73. The Balaban J connectivity index is 1.74. The van der Waals surface area contributed by atoms with Crippen LogP contribution < -0.4 is 0 Å². The van der Waals surface area contributed by atoms with E-state index in [1.165, 1.54) is 0 Å². The topological polar surface area (TPSA) is 66.8 Å². The molecular weight excluding hydrogens is 378 g/mol. The number of benzene rings is 2. The highest BCUT2D eigenvalue weighted by Crippen LogP contribution is 2.42. The van der Waals surface area contributed by atoms with E-state index in [1.54, 1.807) is 11.0 Å². The van der Waals surface area contributed by atoms with Crippen molar-refractivity contribution < 1.29 is 19.4 Å². The number of fused-ring (bicyclic) bond motifs is 1. The zero-order valence-corrected chi connectivity index (χ0v) is 16.2. The summed E-state index contributed by atoms with van der Waals surface area (Å²) in [5.74, 6) is -1.70. The highest BCUT2D eigenvalue weighted by molar-refractivity contribution is 6.31. The predicted octanol–water partition coefficient (Wildman–Crippen LogP) is 3.60. The number of carbonyl (C=O) groups excluding carboxylic acids is 1. The van der Waals surface area contributed by atoms with Crippen molar-refractivity contribution in [1.82, 2.24) is 4.90 Å². The van der Waals surface area contributed by atoms with Crippen LogP contribution in [0.15, 0.2) is 48.5 Å². The smallest absolute Gasteiger partial charge is 0.312 e. The van der Waals surface area contributed by atoms with Gasteiger partial charge in [-0.05, 0) is 35.6 Å². The van der Waals surface area contributed by atoms with Gasteiger partial charge >= 0.3 is 5.97 Å². The van der Waals surface area contributed by atoms with Gasteiger partial charge in [-0.25, -0.2) is 0 Å². The van der Waals surface area contributed by atoms with Gasteiger partial charge in [0, 0.05) is 31.3 Å². The molecular formula is C22H22ClNO4. The Kier molecular flexibility index (Phi) is 5.13. The van der Waals surface area contributed by atoms with Gasteiger partial charge < -0.3 is 14.7 Å². The first kappa shape index (κ1) is 19.0. The maximum absolute atomic E-state index is 13.8. The van der Waals surface area contributed by atoms with Crippen LogP contribution in [0.2, 0.25) is 5.02 Å². The van der Waals surface area contributed by atoms with Gasteiger partial charge in [-0.1, -0.05) is 54.1 Å². The largest absolute Gasteiger partial charge is 0.481 e. The van der Waals surface area contributed by atoms with Crippen LogP contribution in [0.1, 0.15) is 35.4 Å². The zero-order valence-electron chi connectivity index (χ0n) is 15.4. The molecule has 2 aliphatic heterocycles. The van der Waals surface area contributed by atoms with Crippen molar-refractivity contribution in [3.05, 3.63) is 70.2 Å². The summed E-state index contributed by atoms with van der Waals surface area (Å²) in [6.45, 7) is 1.53. The van der Waals surface area contributed by atoms with Gasteiger partial charge in [0.2, 0.25) is 5.91 Å².